The number of amides is 2. The molecule has 5 rings (SSSR count). The molecule has 33 heavy (non-hydrogen) atoms. The summed E-state index contributed by atoms with van der Waals surface area (Å²) in [7, 11) is 3.50. The van der Waals surface area contributed by atoms with Gasteiger partial charge < -0.3 is 19.5 Å². The molecule has 0 aliphatic carbocycles. The summed E-state index contributed by atoms with van der Waals surface area (Å²) >= 11 is 6.04. The summed E-state index contributed by atoms with van der Waals surface area (Å²) in [6.45, 7) is -0.0922. The highest BCUT2D eigenvalue weighted by Crippen LogP contribution is 2.44. The van der Waals surface area contributed by atoms with E-state index in [1.165, 1.54) is 0 Å². The smallest absolute Gasteiger partial charge is 0.272 e. The molecule has 7 heteroatoms. The SMILES string of the molecule is COc1ccc([C@@H]2c3c(n(C)c4ccccc34)C(=O)N2CC(=O)Nc2cccc(Cl)c2)cc1. The highest BCUT2D eigenvalue weighted by atomic mass is 35.5. The van der Waals surface area contributed by atoms with Gasteiger partial charge in [-0.25, -0.2) is 0 Å². The summed E-state index contributed by atoms with van der Waals surface area (Å²) < 4.78 is 7.22. The van der Waals surface area contributed by atoms with Gasteiger partial charge in [0.15, 0.2) is 0 Å². The first kappa shape index (κ1) is 21.1. The molecule has 6 nitrogen and oxygen atoms in total. The second-order valence-corrected chi connectivity index (χ2v) is 8.44. The molecule has 0 bridgehead atoms. The Morgan fingerprint density at radius 2 is 1.82 bits per heavy atom. The molecule has 0 saturated heterocycles. The van der Waals surface area contributed by atoms with E-state index in [4.69, 9.17) is 16.3 Å². The van der Waals surface area contributed by atoms with Crippen molar-refractivity contribution in [3.05, 3.63) is 94.6 Å². The van der Waals surface area contributed by atoms with Gasteiger partial charge in [-0.15, -0.1) is 0 Å². The predicted octanol–water partition coefficient (Wildman–Crippen LogP) is 5.02. The van der Waals surface area contributed by atoms with Crippen molar-refractivity contribution < 1.29 is 14.3 Å². The molecule has 1 N–H and O–H groups in total. The monoisotopic (exact) mass is 459 g/mol. The van der Waals surface area contributed by atoms with Gasteiger partial charge in [-0.2, -0.15) is 0 Å². The lowest BCUT2D eigenvalue weighted by molar-refractivity contribution is -0.117. The average molecular weight is 460 g/mol. The van der Waals surface area contributed by atoms with Gasteiger partial charge in [0.1, 0.15) is 18.0 Å². The van der Waals surface area contributed by atoms with E-state index < -0.39 is 6.04 Å². The summed E-state index contributed by atoms with van der Waals surface area (Å²) in [4.78, 5) is 28.2. The number of para-hydroxylation sites is 1. The number of rotatable bonds is 5. The van der Waals surface area contributed by atoms with Crippen LogP contribution in [0.15, 0.2) is 72.8 Å². The molecule has 1 aromatic heterocycles. The number of methoxy groups -OCH3 is 1. The summed E-state index contributed by atoms with van der Waals surface area (Å²) in [5.41, 5.74) is 4.00. The predicted molar refractivity (Wildman–Crippen MR) is 129 cm³/mol. The van der Waals surface area contributed by atoms with Crippen LogP contribution in [0.1, 0.15) is 27.7 Å². The first-order chi connectivity index (χ1) is 16.0. The fraction of sp³-hybridized carbons (Fsp3) is 0.154. The van der Waals surface area contributed by atoms with Gasteiger partial charge >= 0.3 is 0 Å². The molecule has 0 spiro atoms. The number of aryl methyl sites for hydroxylation is 1. The van der Waals surface area contributed by atoms with Crippen molar-refractivity contribution >= 4 is 40.0 Å². The number of halogens is 1. The van der Waals surface area contributed by atoms with Gasteiger partial charge in [-0.05, 0) is 42.0 Å². The highest BCUT2D eigenvalue weighted by Gasteiger charge is 2.42. The Morgan fingerprint density at radius 3 is 2.55 bits per heavy atom. The van der Waals surface area contributed by atoms with Gasteiger partial charge in [0.2, 0.25) is 5.91 Å². The molecule has 0 unspecified atom stereocenters. The first-order valence-corrected chi connectivity index (χ1v) is 10.9. The third-order valence-corrected chi connectivity index (χ3v) is 6.28. The highest BCUT2D eigenvalue weighted by molar-refractivity contribution is 6.30. The number of aromatic nitrogens is 1. The molecule has 0 saturated carbocycles. The molecule has 3 aromatic carbocycles. The minimum absolute atomic E-state index is 0.0922. The summed E-state index contributed by atoms with van der Waals surface area (Å²) in [6.07, 6.45) is 0. The largest absolute Gasteiger partial charge is 0.497 e. The molecule has 1 aliphatic heterocycles. The minimum atomic E-state index is -0.394. The molecule has 0 radical (unpaired) electrons. The van der Waals surface area contributed by atoms with Crippen LogP contribution >= 0.6 is 11.6 Å². The third-order valence-electron chi connectivity index (χ3n) is 6.05. The number of fused-ring (bicyclic) bond motifs is 3. The second kappa shape index (κ2) is 8.30. The van der Waals surface area contributed by atoms with E-state index in [-0.39, 0.29) is 18.4 Å². The molecule has 0 fully saturated rings. The van der Waals surface area contributed by atoms with Gasteiger partial charge in [0.25, 0.3) is 5.91 Å². The van der Waals surface area contributed by atoms with Crippen LogP contribution in [0.3, 0.4) is 0 Å². The van der Waals surface area contributed by atoms with Crippen molar-refractivity contribution in [3.8, 4) is 5.75 Å². The molecule has 166 valence electrons. The topological polar surface area (TPSA) is 63.6 Å². The quantitative estimate of drug-likeness (QED) is 0.455. The average Bonchev–Trinajstić information content (AvgIpc) is 3.26. The Bertz CT molecular complexity index is 1380. The van der Waals surface area contributed by atoms with Crippen molar-refractivity contribution in [3.63, 3.8) is 0 Å². The maximum absolute atomic E-state index is 13.6. The van der Waals surface area contributed by atoms with Gasteiger partial charge in [0.05, 0.1) is 13.2 Å². The molecular weight excluding hydrogens is 438 g/mol. The van der Waals surface area contributed by atoms with Crippen LogP contribution in [0.4, 0.5) is 5.69 Å². The van der Waals surface area contributed by atoms with Crippen LogP contribution in [0.25, 0.3) is 10.9 Å². The summed E-state index contributed by atoms with van der Waals surface area (Å²) in [6, 6.07) is 22.1. The van der Waals surface area contributed by atoms with Crippen LogP contribution < -0.4 is 10.1 Å². The fourth-order valence-electron chi connectivity index (χ4n) is 4.58. The lowest BCUT2D eigenvalue weighted by Crippen LogP contribution is -2.37. The van der Waals surface area contributed by atoms with E-state index in [0.717, 1.165) is 27.8 Å². The Labute approximate surface area is 196 Å². The standard InChI is InChI=1S/C26H22ClN3O3/c1-29-21-9-4-3-8-20(21)23-24(16-10-12-19(33-2)13-11-16)30(26(32)25(23)29)15-22(31)28-18-7-5-6-17(27)14-18/h3-14,24H,15H2,1-2H3,(H,28,31)/t24-/m1/s1. The zero-order valence-corrected chi connectivity index (χ0v) is 19.0. The maximum Gasteiger partial charge on any atom is 0.272 e. The Balaban J connectivity index is 1.56. The Kier molecular flexibility index (Phi) is 5.30. The number of hydrogen-bond donors (Lipinski definition) is 1. The number of carbonyl (C=O) groups is 2. The number of nitrogens with one attached hydrogen (secondary N) is 1. The van der Waals surface area contributed by atoms with Crippen molar-refractivity contribution in [2.75, 3.05) is 19.0 Å². The zero-order valence-electron chi connectivity index (χ0n) is 18.2. The molecule has 2 amide bonds. The maximum atomic E-state index is 13.6. The third kappa shape index (κ3) is 3.62. The van der Waals surface area contributed by atoms with E-state index >= 15 is 0 Å². The van der Waals surface area contributed by atoms with Crippen LogP contribution in [-0.4, -0.2) is 34.9 Å². The van der Waals surface area contributed by atoms with Crippen LogP contribution in [0.5, 0.6) is 5.75 Å². The number of hydrogen-bond acceptors (Lipinski definition) is 3. The van der Waals surface area contributed by atoms with Crippen LogP contribution in [0.2, 0.25) is 5.02 Å². The van der Waals surface area contributed by atoms with E-state index in [9.17, 15) is 9.59 Å². The summed E-state index contributed by atoms with van der Waals surface area (Å²) in [5.74, 6) is 0.262. The minimum Gasteiger partial charge on any atom is -0.497 e. The lowest BCUT2D eigenvalue weighted by Gasteiger charge is -2.26. The van der Waals surface area contributed by atoms with E-state index in [0.29, 0.717) is 16.4 Å². The van der Waals surface area contributed by atoms with Gasteiger partial charge in [-0.1, -0.05) is 48.0 Å². The van der Waals surface area contributed by atoms with Crippen molar-refractivity contribution in [1.82, 2.24) is 9.47 Å². The number of ether oxygens (including phenoxy) is 1. The number of carbonyl (C=O) groups excluding carboxylic acids is 2. The Hall–Kier alpha value is -3.77. The van der Waals surface area contributed by atoms with Crippen molar-refractivity contribution in [1.29, 1.82) is 0 Å². The van der Waals surface area contributed by atoms with E-state index in [1.54, 1.807) is 36.3 Å². The Morgan fingerprint density at radius 1 is 1.06 bits per heavy atom. The van der Waals surface area contributed by atoms with Gasteiger partial charge in [-0.3, -0.25) is 9.59 Å². The van der Waals surface area contributed by atoms with E-state index in [1.807, 2.05) is 60.1 Å². The van der Waals surface area contributed by atoms with Crippen molar-refractivity contribution in [2.45, 2.75) is 6.04 Å². The molecule has 2 heterocycles. The molecule has 4 aromatic rings. The zero-order chi connectivity index (χ0) is 23.1. The number of anilines is 1. The van der Waals surface area contributed by atoms with Crippen molar-refractivity contribution in [2.24, 2.45) is 7.05 Å². The molecule has 1 aliphatic rings. The molecular formula is C26H22ClN3O3. The first-order valence-electron chi connectivity index (χ1n) is 10.6. The van der Waals surface area contributed by atoms with E-state index in [2.05, 4.69) is 5.32 Å². The number of benzene rings is 3. The number of nitrogens with zero attached hydrogens (tertiary/aromatic N) is 2. The normalized spacial score (nSPS) is 15.1. The lowest BCUT2D eigenvalue weighted by atomic mass is 9.98. The second-order valence-electron chi connectivity index (χ2n) is 8.01. The van der Waals surface area contributed by atoms with Gasteiger partial charge in [0, 0.05) is 34.2 Å². The summed E-state index contributed by atoms with van der Waals surface area (Å²) in [5, 5.41) is 4.38. The van der Waals surface area contributed by atoms with Crippen LogP contribution in [-0.2, 0) is 11.8 Å². The molecule has 1 atom stereocenters. The fourth-order valence-corrected chi connectivity index (χ4v) is 4.77. The van der Waals surface area contributed by atoms with Crippen LogP contribution in [0, 0.1) is 0 Å².